The van der Waals surface area contributed by atoms with Crippen molar-refractivity contribution in [3.63, 3.8) is 0 Å². The topological polar surface area (TPSA) is 99.1 Å². The molecular weight excluding hydrogens is 424 g/mol. The Kier molecular flexibility index (Phi) is 7.88. The number of rotatable bonds is 10. The second-order valence-electron chi connectivity index (χ2n) is 6.87. The number of hydrogen-bond acceptors (Lipinski definition) is 8. The number of benzene rings is 2. The molecule has 0 amide bonds. The highest BCUT2D eigenvalue weighted by Gasteiger charge is 2.15. The predicted octanol–water partition coefficient (Wildman–Crippen LogP) is 4.25. The molecule has 1 aromatic heterocycles. The Morgan fingerprint density at radius 2 is 1.73 bits per heavy atom. The average molecular weight is 450 g/mol. The number of ether oxygens (including phenoxy) is 4. The molecule has 3 rings (SSSR count). The fourth-order valence-electron chi connectivity index (χ4n) is 3.29. The SMILES string of the molecule is COc1ccc(C=CC(=O)c2cccnc2Nc2cc(CO)c(OC)c(OC)c2)cc1OC. The molecule has 2 aromatic carbocycles. The van der Waals surface area contributed by atoms with Gasteiger partial charge in [0.2, 0.25) is 0 Å². The minimum atomic E-state index is -0.239. The third-order valence-corrected chi connectivity index (χ3v) is 4.90. The number of aromatic nitrogens is 1. The number of aliphatic hydroxyl groups excluding tert-OH is 1. The van der Waals surface area contributed by atoms with Crippen molar-refractivity contribution in [3.8, 4) is 23.0 Å². The van der Waals surface area contributed by atoms with Crippen LogP contribution in [0.1, 0.15) is 21.5 Å². The van der Waals surface area contributed by atoms with Crippen molar-refractivity contribution in [1.29, 1.82) is 0 Å². The van der Waals surface area contributed by atoms with Crippen molar-refractivity contribution in [2.24, 2.45) is 0 Å². The Bertz CT molecular complexity index is 1130. The molecular formula is C25H26N2O6. The van der Waals surface area contributed by atoms with E-state index in [2.05, 4.69) is 10.3 Å². The molecule has 0 spiro atoms. The first kappa shape index (κ1) is 23.6. The van der Waals surface area contributed by atoms with Gasteiger partial charge < -0.3 is 29.4 Å². The maximum Gasteiger partial charge on any atom is 0.189 e. The number of nitrogens with zero attached hydrogens (tertiary/aromatic N) is 1. The number of anilines is 2. The number of ketones is 1. The average Bonchev–Trinajstić information content (AvgIpc) is 2.86. The molecule has 0 aliphatic heterocycles. The Hall–Kier alpha value is -4.04. The maximum atomic E-state index is 12.9. The van der Waals surface area contributed by atoms with Crippen molar-refractivity contribution in [2.75, 3.05) is 33.8 Å². The summed E-state index contributed by atoms with van der Waals surface area (Å²) in [5.41, 5.74) is 2.30. The molecule has 0 radical (unpaired) electrons. The van der Waals surface area contributed by atoms with Gasteiger partial charge in [-0.15, -0.1) is 0 Å². The fraction of sp³-hybridized carbons (Fsp3) is 0.200. The van der Waals surface area contributed by atoms with Crippen LogP contribution in [0.5, 0.6) is 23.0 Å². The summed E-state index contributed by atoms with van der Waals surface area (Å²) < 4.78 is 21.2. The quantitative estimate of drug-likeness (QED) is 0.349. The number of carbonyl (C=O) groups is 1. The zero-order valence-corrected chi connectivity index (χ0v) is 18.9. The maximum absolute atomic E-state index is 12.9. The summed E-state index contributed by atoms with van der Waals surface area (Å²) in [4.78, 5) is 17.3. The first-order valence-electron chi connectivity index (χ1n) is 10.1. The van der Waals surface area contributed by atoms with Gasteiger partial charge in [-0.1, -0.05) is 12.1 Å². The van der Waals surface area contributed by atoms with Gasteiger partial charge >= 0.3 is 0 Å². The summed E-state index contributed by atoms with van der Waals surface area (Å²) in [7, 11) is 6.14. The molecule has 0 atom stereocenters. The van der Waals surface area contributed by atoms with Crippen LogP contribution in [-0.2, 0) is 6.61 Å². The molecule has 0 bridgehead atoms. The van der Waals surface area contributed by atoms with Crippen molar-refractivity contribution in [3.05, 3.63) is 71.4 Å². The highest BCUT2D eigenvalue weighted by Crippen LogP contribution is 2.36. The number of allylic oxidation sites excluding steroid dienone is 1. The third kappa shape index (κ3) is 5.42. The van der Waals surface area contributed by atoms with Gasteiger partial charge in [0.15, 0.2) is 28.8 Å². The lowest BCUT2D eigenvalue weighted by atomic mass is 10.1. The largest absolute Gasteiger partial charge is 0.493 e. The zero-order chi connectivity index (χ0) is 23.8. The van der Waals surface area contributed by atoms with Crippen LogP contribution in [0.15, 0.2) is 54.7 Å². The van der Waals surface area contributed by atoms with E-state index >= 15 is 0 Å². The summed E-state index contributed by atoms with van der Waals surface area (Å²) in [6.45, 7) is -0.239. The summed E-state index contributed by atoms with van der Waals surface area (Å²) in [6, 6.07) is 12.2. The van der Waals surface area contributed by atoms with Crippen LogP contribution in [0.3, 0.4) is 0 Å². The van der Waals surface area contributed by atoms with Crippen molar-refractivity contribution >= 4 is 23.4 Å². The van der Waals surface area contributed by atoms with Crippen molar-refractivity contribution in [1.82, 2.24) is 4.98 Å². The minimum Gasteiger partial charge on any atom is -0.493 e. The number of nitrogens with one attached hydrogen (secondary N) is 1. The van der Waals surface area contributed by atoms with Gasteiger partial charge in [0.1, 0.15) is 5.82 Å². The molecule has 33 heavy (non-hydrogen) atoms. The highest BCUT2D eigenvalue weighted by molar-refractivity contribution is 6.10. The van der Waals surface area contributed by atoms with Crippen LogP contribution in [-0.4, -0.2) is 44.3 Å². The first-order chi connectivity index (χ1) is 16.0. The van der Waals surface area contributed by atoms with Crippen LogP contribution < -0.4 is 24.3 Å². The van der Waals surface area contributed by atoms with E-state index in [4.69, 9.17) is 18.9 Å². The Labute approximate surface area is 192 Å². The number of hydrogen-bond donors (Lipinski definition) is 2. The molecule has 0 fully saturated rings. The third-order valence-electron chi connectivity index (χ3n) is 4.90. The Morgan fingerprint density at radius 1 is 0.970 bits per heavy atom. The van der Waals surface area contributed by atoms with Gasteiger partial charge in [0.05, 0.1) is 40.6 Å². The lowest BCUT2D eigenvalue weighted by Crippen LogP contribution is -2.05. The summed E-state index contributed by atoms with van der Waals surface area (Å²) >= 11 is 0. The fourth-order valence-corrected chi connectivity index (χ4v) is 3.29. The Balaban J connectivity index is 1.88. The van der Waals surface area contributed by atoms with Crippen LogP contribution in [0.25, 0.3) is 6.08 Å². The van der Waals surface area contributed by atoms with E-state index in [1.165, 1.54) is 20.3 Å². The van der Waals surface area contributed by atoms with Crippen LogP contribution in [0.2, 0.25) is 0 Å². The van der Waals surface area contributed by atoms with Gasteiger partial charge in [0, 0.05) is 23.5 Å². The van der Waals surface area contributed by atoms with E-state index in [1.807, 2.05) is 6.07 Å². The molecule has 3 aromatic rings. The van der Waals surface area contributed by atoms with E-state index in [0.29, 0.717) is 45.6 Å². The van der Waals surface area contributed by atoms with Crippen LogP contribution in [0, 0.1) is 0 Å². The summed E-state index contributed by atoms with van der Waals surface area (Å²) in [6.07, 6.45) is 4.75. The highest BCUT2D eigenvalue weighted by atomic mass is 16.5. The molecule has 2 N–H and O–H groups in total. The van der Waals surface area contributed by atoms with Crippen molar-refractivity contribution < 1.29 is 28.8 Å². The van der Waals surface area contributed by atoms with Crippen LogP contribution >= 0.6 is 0 Å². The van der Waals surface area contributed by atoms with E-state index in [0.717, 1.165) is 5.56 Å². The lowest BCUT2D eigenvalue weighted by molar-refractivity contribution is 0.104. The smallest absolute Gasteiger partial charge is 0.189 e. The van der Waals surface area contributed by atoms with E-state index < -0.39 is 0 Å². The van der Waals surface area contributed by atoms with Gasteiger partial charge in [-0.25, -0.2) is 4.98 Å². The normalized spacial score (nSPS) is 10.7. The molecule has 0 saturated heterocycles. The number of methoxy groups -OCH3 is 4. The minimum absolute atomic E-state index is 0.233. The van der Waals surface area contributed by atoms with E-state index in [1.54, 1.807) is 62.9 Å². The van der Waals surface area contributed by atoms with Crippen molar-refractivity contribution in [2.45, 2.75) is 6.61 Å². The molecule has 172 valence electrons. The first-order valence-corrected chi connectivity index (χ1v) is 10.1. The molecule has 0 saturated carbocycles. The monoisotopic (exact) mass is 450 g/mol. The summed E-state index contributed by atoms with van der Waals surface area (Å²) in [5.74, 6) is 2.21. The second-order valence-corrected chi connectivity index (χ2v) is 6.87. The van der Waals surface area contributed by atoms with Crippen LogP contribution in [0.4, 0.5) is 11.5 Å². The molecule has 8 nitrogen and oxygen atoms in total. The molecule has 8 heteroatoms. The van der Waals surface area contributed by atoms with Gasteiger partial charge in [-0.2, -0.15) is 0 Å². The number of carbonyl (C=O) groups excluding carboxylic acids is 1. The number of aliphatic hydroxyl groups is 1. The van der Waals surface area contributed by atoms with E-state index in [9.17, 15) is 9.90 Å². The standard InChI is InChI=1S/C25H26N2O6/c1-30-21-10-8-16(12-22(21)31-2)7-9-20(29)19-6-5-11-26-25(19)27-18-13-17(15-28)24(33-4)23(14-18)32-3/h5-14,28H,15H2,1-4H3,(H,26,27). The zero-order valence-electron chi connectivity index (χ0n) is 18.9. The number of pyridine rings is 1. The lowest BCUT2D eigenvalue weighted by Gasteiger charge is -2.15. The second kappa shape index (κ2) is 11.0. The summed E-state index contributed by atoms with van der Waals surface area (Å²) in [5, 5.41) is 12.8. The van der Waals surface area contributed by atoms with E-state index in [-0.39, 0.29) is 12.4 Å². The van der Waals surface area contributed by atoms with Gasteiger partial charge in [-0.3, -0.25) is 4.79 Å². The molecule has 1 heterocycles. The predicted molar refractivity (Wildman–Crippen MR) is 126 cm³/mol. The molecule has 0 unspecified atom stereocenters. The Morgan fingerprint density at radius 3 is 2.39 bits per heavy atom. The molecule has 0 aliphatic rings. The van der Waals surface area contributed by atoms with Gasteiger partial charge in [-0.05, 0) is 42.0 Å². The van der Waals surface area contributed by atoms with Gasteiger partial charge in [0.25, 0.3) is 0 Å². The molecule has 0 aliphatic carbocycles.